The van der Waals surface area contributed by atoms with Gasteiger partial charge in [0.05, 0.1) is 19.3 Å². The average molecular weight is 215 g/mol. The lowest BCUT2D eigenvalue weighted by molar-refractivity contribution is -0.146. The van der Waals surface area contributed by atoms with E-state index in [9.17, 15) is 4.79 Å². The second-order valence-electron chi connectivity index (χ2n) is 3.95. The topological polar surface area (TPSA) is 61.5 Å². The van der Waals surface area contributed by atoms with E-state index in [1.165, 1.54) is 19.3 Å². The van der Waals surface area contributed by atoms with Crippen LogP contribution in [0, 0.1) is 0 Å². The maximum absolute atomic E-state index is 11.2. The van der Waals surface area contributed by atoms with Gasteiger partial charge in [0.25, 0.3) is 0 Å². The number of hydrogen-bond donors (Lipinski definition) is 1. The van der Waals surface area contributed by atoms with Crippen LogP contribution in [0.5, 0.6) is 0 Å². The van der Waals surface area contributed by atoms with E-state index in [1.807, 2.05) is 0 Å². The summed E-state index contributed by atoms with van der Waals surface area (Å²) in [6.07, 6.45) is 6.22. The van der Waals surface area contributed by atoms with Crippen LogP contribution in [-0.2, 0) is 14.3 Å². The van der Waals surface area contributed by atoms with E-state index in [4.69, 9.17) is 15.2 Å². The Morgan fingerprint density at radius 1 is 1.40 bits per heavy atom. The summed E-state index contributed by atoms with van der Waals surface area (Å²) in [4.78, 5) is 11.2. The molecule has 0 saturated heterocycles. The highest BCUT2D eigenvalue weighted by atomic mass is 16.5. The van der Waals surface area contributed by atoms with Crippen LogP contribution < -0.4 is 5.73 Å². The van der Waals surface area contributed by atoms with E-state index in [-0.39, 0.29) is 12.6 Å². The monoisotopic (exact) mass is 215 g/mol. The molecule has 15 heavy (non-hydrogen) atoms. The highest BCUT2D eigenvalue weighted by molar-refractivity contribution is 5.75. The molecule has 0 spiro atoms. The van der Waals surface area contributed by atoms with E-state index in [0.29, 0.717) is 12.7 Å². The molecule has 0 aromatic heterocycles. The Hall–Kier alpha value is -0.610. The second kappa shape index (κ2) is 6.80. The van der Waals surface area contributed by atoms with Gasteiger partial charge in [-0.25, -0.2) is 0 Å². The first-order valence-corrected chi connectivity index (χ1v) is 5.78. The Morgan fingerprint density at radius 2 is 2.07 bits per heavy atom. The molecule has 4 heteroatoms. The Bertz CT molecular complexity index is 190. The van der Waals surface area contributed by atoms with Crippen molar-refractivity contribution < 1.29 is 14.3 Å². The lowest BCUT2D eigenvalue weighted by Crippen LogP contribution is -2.38. The Balaban J connectivity index is 2.14. The molecule has 0 amide bonds. The Kier molecular flexibility index (Phi) is 5.65. The molecule has 0 bridgehead atoms. The summed E-state index contributed by atoms with van der Waals surface area (Å²) in [7, 11) is 0. The highest BCUT2D eigenvalue weighted by Crippen LogP contribution is 2.20. The van der Waals surface area contributed by atoms with Crippen molar-refractivity contribution in [3.63, 3.8) is 0 Å². The molecule has 1 aliphatic rings. The van der Waals surface area contributed by atoms with Crippen molar-refractivity contribution in [3.8, 4) is 0 Å². The fraction of sp³-hybridized carbons (Fsp3) is 0.909. The van der Waals surface area contributed by atoms with Crippen molar-refractivity contribution >= 4 is 5.97 Å². The first-order valence-electron chi connectivity index (χ1n) is 5.78. The normalized spacial score (nSPS) is 19.9. The van der Waals surface area contributed by atoms with Crippen LogP contribution >= 0.6 is 0 Å². The molecular weight excluding hydrogens is 194 g/mol. The van der Waals surface area contributed by atoms with Crippen LogP contribution in [0.1, 0.15) is 39.0 Å². The maximum Gasteiger partial charge on any atom is 0.325 e. The van der Waals surface area contributed by atoms with Gasteiger partial charge in [-0.1, -0.05) is 19.3 Å². The molecule has 1 rings (SSSR count). The van der Waals surface area contributed by atoms with Crippen molar-refractivity contribution in [2.75, 3.05) is 13.2 Å². The minimum absolute atomic E-state index is 0.281. The van der Waals surface area contributed by atoms with Gasteiger partial charge in [-0.05, 0) is 19.8 Å². The molecule has 0 radical (unpaired) electrons. The van der Waals surface area contributed by atoms with Gasteiger partial charge in [0, 0.05) is 0 Å². The van der Waals surface area contributed by atoms with Crippen LogP contribution in [0.25, 0.3) is 0 Å². The molecule has 0 aromatic carbocycles. The Morgan fingerprint density at radius 3 is 2.67 bits per heavy atom. The van der Waals surface area contributed by atoms with Gasteiger partial charge in [0.15, 0.2) is 0 Å². The number of nitrogens with two attached hydrogens (primary N) is 1. The summed E-state index contributed by atoms with van der Waals surface area (Å²) in [5.74, 6) is -0.367. The third-order valence-corrected chi connectivity index (χ3v) is 2.65. The minimum atomic E-state index is -0.633. The van der Waals surface area contributed by atoms with Gasteiger partial charge in [0.1, 0.15) is 6.04 Å². The minimum Gasteiger partial charge on any atom is -0.465 e. The summed E-state index contributed by atoms with van der Waals surface area (Å²) in [6.45, 7) is 2.42. The van der Waals surface area contributed by atoms with E-state index in [0.717, 1.165) is 12.8 Å². The number of hydrogen-bond acceptors (Lipinski definition) is 4. The molecule has 0 aromatic rings. The molecule has 1 aliphatic carbocycles. The van der Waals surface area contributed by atoms with Gasteiger partial charge in [0.2, 0.25) is 0 Å². The predicted molar refractivity (Wildman–Crippen MR) is 57.4 cm³/mol. The van der Waals surface area contributed by atoms with E-state index in [2.05, 4.69) is 0 Å². The van der Waals surface area contributed by atoms with Crippen LogP contribution in [0.15, 0.2) is 0 Å². The third kappa shape index (κ3) is 4.62. The zero-order chi connectivity index (χ0) is 11.1. The van der Waals surface area contributed by atoms with E-state index in [1.54, 1.807) is 6.92 Å². The molecule has 4 nitrogen and oxygen atoms in total. The van der Waals surface area contributed by atoms with E-state index >= 15 is 0 Å². The zero-order valence-electron chi connectivity index (χ0n) is 9.41. The van der Waals surface area contributed by atoms with Crippen LogP contribution in [-0.4, -0.2) is 31.3 Å². The summed E-state index contributed by atoms with van der Waals surface area (Å²) >= 11 is 0. The van der Waals surface area contributed by atoms with Crippen molar-refractivity contribution in [1.29, 1.82) is 0 Å². The standard InChI is InChI=1S/C11H21NO3/c1-2-14-11(13)10(12)8-15-9-6-4-3-5-7-9/h9-10H,2-8,12H2,1H3/t10-/m0/s1. The van der Waals surface area contributed by atoms with Crippen LogP contribution in [0.2, 0.25) is 0 Å². The van der Waals surface area contributed by atoms with Gasteiger partial charge in [-0.15, -0.1) is 0 Å². The maximum atomic E-state index is 11.2. The van der Waals surface area contributed by atoms with Crippen molar-refractivity contribution in [2.45, 2.75) is 51.2 Å². The van der Waals surface area contributed by atoms with Gasteiger partial charge in [-0.3, -0.25) is 4.79 Å². The fourth-order valence-corrected chi connectivity index (χ4v) is 1.79. The number of carbonyl (C=O) groups is 1. The second-order valence-corrected chi connectivity index (χ2v) is 3.95. The van der Waals surface area contributed by atoms with Gasteiger partial charge < -0.3 is 15.2 Å². The number of ether oxygens (including phenoxy) is 2. The van der Waals surface area contributed by atoms with Crippen molar-refractivity contribution in [1.82, 2.24) is 0 Å². The van der Waals surface area contributed by atoms with Crippen molar-refractivity contribution in [3.05, 3.63) is 0 Å². The lowest BCUT2D eigenvalue weighted by atomic mass is 9.98. The summed E-state index contributed by atoms with van der Waals surface area (Å²) in [6, 6.07) is -0.633. The molecule has 0 unspecified atom stereocenters. The number of rotatable bonds is 5. The molecular formula is C11H21NO3. The van der Waals surface area contributed by atoms with Crippen molar-refractivity contribution in [2.24, 2.45) is 5.73 Å². The first-order chi connectivity index (χ1) is 7.24. The number of carbonyl (C=O) groups excluding carboxylic acids is 1. The predicted octanol–water partition coefficient (Wildman–Crippen LogP) is 1.23. The molecule has 1 fully saturated rings. The average Bonchev–Trinajstić information content (AvgIpc) is 2.27. The fourth-order valence-electron chi connectivity index (χ4n) is 1.79. The highest BCUT2D eigenvalue weighted by Gasteiger charge is 2.19. The van der Waals surface area contributed by atoms with Crippen LogP contribution in [0.4, 0.5) is 0 Å². The largest absolute Gasteiger partial charge is 0.465 e. The number of esters is 1. The quantitative estimate of drug-likeness (QED) is 0.701. The van der Waals surface area contributed by atoms with E-state index < -0.39 is 6.04 Å². The molecule has 1 atom stereocenters. The van der Waals surface area contributed by atoms with Gasteiger partial charge >= 0.3 is 5.97 Å². The summed E-state index contributed by atoms with van der Waals surface area (Å²) in [5.41, 5.74) is 5.62. The van der Waals surface area contributed by atoms with Gasteiger partial charge in [-0.2, -0.15) is 0 Å². The first kappa shape index (κ1) is 12.5. The smallest absolute Gasteiger partial charge is 0.325 e. The Labute approximate surface area is 91.1 Å². The third-order valence-electron chi connectivity index (χ3n) is 2.65. The SMILES string of the molecule is CCOC(=O)[C@@H](N)COC1CCCCC1. The molecule has 88 valence electrons. The molecule has 2 N–H and O–H groups in total. The molecule has 0 heterocycles. The molecule has 1 saturated carbocycles. The zero-order valence-corrected chi connectivity index (χ0v) is 9.41. The lowest BCUT2D eigenvalue weighted by Gasteiger charge is -2.23. The van der Waals surface area contributed by atoms with Crippen LogP contribution in [0.3, 0.4) is 0 Å². The molecule has 0 aliphatic heterocycles. The summed E-state index contributed by atoms with van der Waals surface area (Å²) in [5, 5.41) is 0. The summed E-state index contributed by atoms with van der Waals surface area (Å²) < 4.78 is 10.4.